The van der Waals surface area contributed by atoms with Gasteiger partial charge in [-0.05, 0) is 44.2 Å². The maximum absolute atomic E-state index is 12.9. The van der Waals surface area contributed by atoms with Gasteiger partial charge in [-0.1, -0.05) is 6.07 Å². The lowest BCUT2D eigenvalue weighted by molar-refractivity contribution is -0.122. The molecule has 0 aliphatic carbocycles. The lowest BCUT2D eigenvalue weighted by atomic mass is 10.2. The molecule has 9 nitrogen and oxygen atoms in total. The number of nitrogens with one attached hydrogen (secondary N) is 2. The SMILES string of the molecule is CCNC(=O)COc1cccc(NS(=O)(=O)c2cc(C(=O)OCC)ccc2OC)c1. The molecular formula is C20H24N2O7S. The van der Waals surface area contributed by atoms with Crippen LogP contribution in [0, 0.1) is 0 Å². The Morgan fingerprint density at radius 3 is 2.50 bits per heavy atom. The van der Waals surface area contributed by atoms with E-state index in [0.29, 0.717) is 12.3 Å². The molecule has 10 heteroatoms. The second-order valence-corrected chi connectivity index (χ2v) is 7.61. The molecule has 0 saturated carbocycles. The Morgan fingerprint density at radius 1 is 1.07 bits per heavy atom. The second-order valence-electron chi connectivity index (χ2n) is 5.96. The molecule has 0 aromatic heterocycles. The van der Waals surface area contributed by atoms with Crippen LogP contribution in [0.1, 0.15) is 24.2 Å². The Balaban J connectivity index is 2.26. The van der Waals surface area contributed by atoms with Crippen LogP contribution < -0.4 is 19.5 Å². The zero-order valence-electron chi connectivity index (χ0n) is 16.9. The average molecular weight is 436 g/mol. The van der Waals surface area contributed by atoms with E-state index in [-0.39, 0.29) is 41.0 Å². The third-order valence-corrected chi connectivity index (χ3v) is 5.20. The number of rotatable bonds is 10. The molecule has 0 aliphatic rings. The topological polar surface area (TPSA) is 120 Å². The fourth-order valence-electron chi connectivity index (χ4n) is 2.48. The van der Waals surface area contributed by atoms with Gasteiger partial charge in [0.05, 0.1) is 25.0 Å². The highest BCUT2D eigenvalue weighted by Gasteiger charge is 2.22. The van der Waals surface area contributed by atoms with E-state index in [1.165, 1.54) is 37.4 Å². The monoisotopic (exact) mass is 436 g/mol. The Morgan fingerprint density at radius 2 is 1.83 bits per heavy atom. The third kappa shape index (κ3) is 6.11. The number of methoxy groups -OCH3 is 1. The van der Waals surface area contributed by atoms with E-state index in [2.05, 4.69) is 10.0 Å². The molecule has 0 fully saturated rings. The Hall–Kier alpha value is -3.27. The Labute approximate surface area is 175 Å². The normalized spacial score (nSPS) is 10.8. The van der Waals surface area contributed by atoms with Crippen LogP contribution >= 0.6 is 0 Å². The number of sulfonamides is 1. The fourth-order valence-corrected chi connectivity index (χ4v) is 3.73. The first-order valence-electron chi connectivity index (χ1n) is 9.18. The number of hydrogen-bond donors (Lipinski definition) is 2. The van der Waals surface area contributed by atoms with Crippen LogP contribution in [0.15, 0.2) is 47.4 Å². The quantitative estimate of drug-likeness (QED) is 0.548. The maximum Gasteiger partial charge on any atom is 0.338 e. The zero-order valence-corrected chi connectivity index (χ0v) is 17.7. The van der Waals surface area contributed by atoms with Crippen molar-refractivity contribution in [1.82, 2.24) is 5.32 Å². The first-order valence-corrected chi connectivity index (χ1v) is 10.7. The summed E-state index contributed by atoms with van der Waals surface area (Å²) in [5.41, 5.74) is 0.295. The van der Waals surface area contributed by atoms with Crippen LogP contribution in [0.2, 0.25) is 0 Å². The molecule has 2 rings (SSSR count). The molecule has 0 unspecified atom stereocenters. The number of ether oxygens (including phenoxy) is 3. The number of anilines is 1. The summed E-state index contributed by atoms with van der Waals surface area (Å²) in [6.07, 6.45) is 0. The van der Waals surface area contributed by atoms with Gasteiger partial charge in [0.2, 0.25) is 0 Å². The van der Waals surface area contributed by atoms with Gasteiger partial charge in [-0.25, -0.2) is 13.2 Å². The molecule has 0 atom stereocenters. The van der Waals surface area contributed by atoms with Crippen LogP contribution in [0.3, 0.4) is 0 Å². The zero-order chi connectivity index (χ0) is 22.1. The van der Waals surface area contributed by atoms with E-state index >= 15 is 0 Å². The minimum absolute atomic E-state index is 0.0687. The summed E-state index contributed by atoms with van der Waals surface area (Å²) in [6, 6.07) is 10.1. The third-order valence-electron chi connectivity index (χ3n) is 3.79. The van der Waals surface area contributed by atoms with Gasteiger partial charge < -0.3 is 19.5 Å². The van der Waals surface area contributed by atoms with Crippen LogP contribution in [0.4, 0.5) is 5.69 Å². The van der Waals surface area contributed by atoms with Crippen LogP contribution in [0.5, 0.6) is 11.5 Å². The Kier molecular flexibility index (Phi) is 8.05. The number of hydrogen-bond acceptors (Lipinski definition) is 7. The number of amides is 1. The van der Waals surface area contributed by atoms with E-state index in [9.17, 15) is 18.0 Å². The molecule has 2 N–H and O–H groups in total. The van der Waals surface area contributed by atoms with Crippen molar-refractivity contribution in [2.24, 2.45) is 0 Å². The summed E-state index contributed by atoms with van der Waals surface area (Å²) in [7, 11) is -2.77. The van der Waals surface area contributed by atoms with Crippen molar-refractivity contribution in [2.75, 3.05) is 31.6 Å². The maximum atomic E-state index is 12.9. The van der Waals surface area contributed by atoms with E-state index in [4.69, 9.17) is 14.2 Å². The number of carbonyl (C=O) groups excluding carboxylic acids is 2. The van der Waals surface area contributed by atoms with Crippen molar-refractivity contribution in [3.8, 4) is 11.5 Å². The predicted molar refractivity (Wildman–Crippen MR) is 110 cm³/mol. The summed E-state index contributed by atoms with van der Waals surface area (Å²) in [5.74, 6) is -0.547. The molecule has 2 aromatic carbocycles. The van der Waals surface area contributed by atoms with Crippen molar-refractivity contribution in [2.45, 2.75) is 18.7 Å². The summed E-state index contributed by atoms with van der Waals surface area (Å²) >= 11 is 0. The summed E-state index contributed by atoms with van der Waals surface area (Å²) in [5, 5.41) is 2.60. The molecule has 162 valence electrons. The predicted octanol–water partition coefficient (Wildman–Crippen LogP) is 2.19. The second kappa shape index (κ2) is 10.5. The molecule has 30 heavy (non-hydrogen) atoms. The largest absolute Gasteiger partial charge is 0.495 e. The van der Waals surface area contributed by atoms with Gasteiger partial charge in [0.1, 0.15) is 16.4 Å². The van der Waals surface area contributed by atoms with Crippen molar-refractivity contribution in [3.05, 3.63) is 48.0 Å². The Bertz CT molecular complexity index is 1010. The van der Waals surface area contributed by atoms with E-state index < -0.39 is 16.0 Å². The first kappa shape index (κ1) is 23.0. The summed E-state index contributed by atoms with van der Waals surface area (Å²) in [6.45, 7) is 3.89. The number of esters is 1. The van der Waals surface area contributed by atoms with Gasteiger partial charge >= 0.3 is 5.97 Å². The molecule has 0 saturated heterocycles. The molecule has 0 bridgehead atoms. The van der Waals surface area contributed by atoms with E-state index in [0.717, 1.165) is 0 Å². The number of likely N-dealkylation sites (N-methyl/N-ethyl adjacent to an activating group) is 1. The average Bonchev–Trinajstić information content (AvgIpc) is 2.72. The molecule has 0 spiro atoms. The first-order chi connectivity index (χ1) is 14.3. The molecule has 0 radical (unpaired) electrons. The smallest absolute Gasteiger partial charge is 0.338 e. The minimum atomic E-state index is -4.10. The van der Waals surface area contributed by atoms with Gasteiger partial charge in [0.25, 0.3) is 15.9 Å². The van der Waals surface area contributed by atoms with Crippen LogP contribution in [-0.2, 0) is 19.6 Å². The van der Waals surface area contributed by atoms with Crippen molar-refractivity contribution < 1.29 is 32.2 Å². The van der Waals surface area contributed by atoms with Gasteiger partial charge in [0.15, 0.2) is 6.61 Å². The van der Waals surface area contributed by atoms with Crippen molar-refractivity contribution in [3.63, 3.8) is 0 Å². The summed E-state index contributed by atoms with van der Waals surface area (Å²) in [4.78, 5) is 23.3. The van der Waals surface area contributed by atoms with Gasteiger partial charge in [-0.3, -0.25) is 9.52 Å². The van der Waals surface area contributed by atoms with Crippen LogP contribution in [0.25, 0.3) is 0 Å². The van der Waals surface area contributed by atoms with Gasteiger partial charge in [0, 0.05) is 12.6 Å². The lowest BCUT2D eigenvalue weighted by Gasteiger charge is -2.14. The molecule has 0 heterocycles. The van der Waals surface area contributed by atoms with Gasteiger partial charge in [-0.15, -0.1) is 0 Å². The number of carbonyl (C=O) groups is 2. The standard InChI is InChI=1S/C20H24N2O7S/c1-4-21-19(23)13-29-16-8-6-7-15(12-16)22-30(25,26)18-11-14(20(24)28-5-2)9-10-17(18)27-3/h6-12,22H,4-5,13H2,1-3H3,(H,21,23). The summed E-state index contributed by atoms with van der Waals surface area (Å²) < 4.78 is 43.7. The van der Waals surface area contributed by atoms with Crippen LogP contribution in [-0.4, -0.2) is 47.2 Å². The highest BCUT2D eigenvalue weighted by molar-refractivity contribution is 7.92. The van der Waals surface area contributed by atoms with Crippen molar-refractivity contribution >= 4 is 27.6 Å². The minimum Gasteiger partial charge on any atom is -0.495 e. The van der Waals surface area contributed by atoms with E-state index in [1.807, 2.05) is 0 Å². The fraction of sp³-hybridized carbons (Fsp3) is 0.300. The van der Waals surface area contributed by atoms with Crippen molar-refractivity contribution in [1.29, 1.82) is 0 Å². The molecule has 2 aromatic rings. The number of benzene rings is 2. The molecule has 0 aliphatic heterocycles. The molecular weight excluding hydrogens is 412 g/mol. The highest BCUT2D eigenvalue weighted by Crippen LogP contribution is 2.28. The van der Waals surface area contributed by atoms with Gasteiger partial charge in [-0.2, -0.15) is 0 Å². The molecule has 1 amide bonds. The lowest BCUT2D eigenvalue weighted by Crippen LogP contribution is -2.28. The van der Waals surface area contributed by atoms with E-state index in [1.54, 1.807) is 26.0 Å². The highest BCUT2D eigenvalue weighted by atomic mass is 32.2.